The van der Waals surface area contributed by atoms with E-state index in [1.807, 2.05) is 32.0 Å². The lowest BCUT2D eigenvalue weighted by Gasteiger charge is -2.15. The molecule has 198 valence electrons. The molecule has 5 rings (SSSR count). The largest absolute Gasteiger partial charge is 0.490 e. The zero-order valence-electron chi connectivity index (χ0n) is 21.1. The maximum absolute atomic E-state index is 13.0. The van der Waals surface area contributed by atoms with E-state index >= 15 is 0 Å². The van der Waals surface area contributed by atoms with Gasteiger partial charge in [-0.1, -0.05) is 23.4 Å². The van der Waals surface area contributed by atoms with Crippen molar-refractivity contribution in [3.8, 4) is 34.7 Å². The molecule has 2 N–H and O–H groups in total. The molecule has 0 saturated carbocycles. The third-order valence-electron chi connectivity index (χ3n) is 6.36. The molecule has 11 heteroatoms. The van der Waals surface area contributed by atoms with Gasteiger partial charge in [0.05, 0.1) is 22.1 Å². The lowest BCUT2D eigenvalue weighted by atomic mass is 10.0. The molecule has 1 aromatic heterocycles. The molecule has 0 spiro atoms. The van der Waals surface area contributed by atoms with Crippen LogP contribution in [0, 0.1) is 11.3 Å². The van der Waals surface area contributed by atoms with Gasteiger partial charge in [0.2, 0.25) is 15.8 Å². The lowest BCUT2D eigenvalue weighted by Crippen LogP contribution is -2.27. The number of carboxylic acid groups (broad SMARTS) is 1. The molecule has 1 unspecified atom stereocenters. The average molecular weight is 545 g/mol. The molecule has 10 nitrogen and oxygen atoms in total. The number of aromatic nitrogens is 2. The Morgan fingerprint density at radius 3 is 2.64 bits per heavy atom. The van der Waals surface area contributed by atoms with Crippen LogP contribution in [0.4, 0.5) is 0 Å². The third-order valence-corrected chi connectivity index (χ3v) is 7.84. The monoisotopic (exact) mass is 544 g/mol. The second kappa shape index (κ2) is 10.3. The minimum Gasteiger partial charge on any atom is -0.490 e. The highest BCUT2D eigenvalue weighted by atomic mass is 32.2. The van der Waals surface area contributed by atoms with E-state index in [1.54, 1.807) is 18.2 Å². The summed E-state index contributed by atoms with van der Waals surface area (Å²) in [6, 6.07) is 17.3. The third kappa shape index (κ3) is 5.25. The van der Waals surface area contributed by atoms with Crippen LogP contribution in [-0.4, -0.2) is 35.7 Å². The Hall–Kier alpha value is -4.53. The van der Waals surface area contributed by atoms with Crippen LogP contribution in [0.3, 0.4) is 0 Å². The second-order valence-corrected chi connectivity index (χ2v) is 11.0. The first kappa shape index (κ1) is 26.1. The number of sulfonamides is 1. The summed E-state index contributed by atoms with van der Waals surface area (Å²) in [5.41, 5.74) is 3.40. The number of nitriles is 1. The molecule has 0 amide bonds. The van der Waals surface area contributed by atoms with E-state index in [9.17, 15) is 18.5 Å². The van der Waals surface area contributed by atoms with Crippen LogP contribution < -0.4 is 9.46 Å². The number of rotatable bonds is 8. The maximum Gasteiger partial charge on any atom is 0.335 e. The van der Waals surface area contributed by atoms with Crippen LogP contribution in [0.2, 0.25) is 0 Å². The summed E-state index contributed by atoms with van der Waals surface area (Å²) in [6.07, 6.45) is 1.05. The Balaban J connectivity index is 1.40. The van der Waals surface area contributed by atoms with Gasteiger partial charge in [0, 0.05) is 17.2 Å². The number of nitrogens with one attached hydrogen (secondary N) is 1. The minimum absolute atomic E-state index is 0.00738. The van der Waals surface area contributed by atoms with E-state index in [2.05, 4.69) is 20.9 Å². The molecule has 0 saturated heterocycles. The lowest BCUT2D eigenvalue weighted by molar-refractivity contribution is 0.0696. The summed E-state index contributed by atoms with van der Waals surface area (Å²) in [4.78, 5) is 15.6. The van der Waals surface area contributed by atoms with Gasteiger partial charge >= 0.3 is 5.97 Å². The summed E-state index contributed by atoms with van der Waals surface area (Å²) in [5.74, 6) is -0.0504. The van der Waals surface area contributed by atoms with Gasteiger partial charge in [-0.2, -0.15) is 10.2 Å². The van der Waals surface area contributed by atoms with Crippen molar-refractivity contribution >= 4 is 16.0 Å². The fraction of sp³-hybridized carbons (Fsp3) is 0.214. The predicted molar refractivity (Wildman–Crippen MR) is 140 cm³/mol. The number of aromatic carboxylic acids is 1. The van der Waals surface area contributed by atoms with E-state index in [0.717, 1.165) is 16.7 Å². The molecule has 0 fully saturated rings. The van der Waals surface area contributed by atoms with Crippen molar-refractivity contribution in [2.45, 2.75) is 43.7 Å². The van der Waals surface area contributed by atoms with Gasteiger partial charge in [-0.05, 0) is 80.3 Å². The number of nitrogens with zero attached hydrogens (tertiary/aromatic N) is 3. The Morgan fingerprint density at radius 2 is 1.95 bits per heavy atom. The summed E-state index contributed by atoms with van der Waals surface area (Å²) in [5, 5.41) is 22.8. The molecule has 1 atom stereocenters. The number of fused-ring (bicyclic) bond motifs is 1. The summed E-state index contributed by atoms with van der Waals surface area (Å²) >= 11 is 0. The van der Waals surface area contributed by atoms with Crippen molar-refractivity contribution in [1.82, 2.24) is 14.9 Å². The minimum atomic E-state index is -3.89. The van der Waals surface area contributed by atoms with Crippen molar-refractivity contribution in [3.05, 3.63) is 82.9 Å². The first-order valence-corrected chi connectivity index (χ1v) is 13.7. The van der Waals surface area contributed by atoms with Crippen LogP contribution in [0.15, 0.2) is 70.1 Å². The number of benzene rings is 3. The van der Waals surface area contributed by atoms with Crippen molar-refractivity contribution in [3.63, 3.8) is 0 Å². The van der Waals surface area contributed by atoms with Gasteiger partial charge in [-0.3, -0.25) is 0 Å². The first-order valence-electron chi connectivity index (χ1n) is 12.2. The Bertz CT molecular complexity index is 1700. The van der Waals surface area contributed by atoms with E-state index in [0.29, 0.717) is 35.5 Å². The number of carboxylic acids is 1. The van der Waals surface area contributed by atoms with Gasteiger partial charge in [0.15, 0.2) is 0 Å². The molecule has 39 heavy (non-hydrogen) atoms. The van der Waals surface area contributed by atoms with Crippen molar-refractivity contribution < 1.29 is 27.6 Å². The molecule has 1 heterocycles. The summed E-state index contributed by atoms with van der Waals surface area (Å²) in [7, 11) is -3.89. The normalized spacial score (nSPS) is 14.7. The molecule has 0 aliphatic heterocycles. The zero-order chi connectivity index (χ0) is 27.7. The average Bonchev–Trinajstić information content (AvgIpc) is 3.56. The molecule has 1 aliphatic carbocycles. The molecular weight excluding hydrogens is 520 g/mol. The van der Waals surface area contributed by atoms with Crippen molar-refractivity contribution in [1.29, 1.82) is 5.26 Å². The highest BCUT2D eigenvalue weighted by Gasteiger charge is 2.30. The van der Waals surface area contributed by atoms with E-state index in [1.165, 1.54) is 24.3 Å². The smallest absolute Gasteiger partial charge is 0.335 e. The van der Waals surface area contributed by atoms with Gasteiger partial charge < -0.3 is 14.4 Å². The van der Waals surface area contributed by atoms with E-state index in [-0.39, 0.29) is 22.5 Å². The van der Waals surface area contributed by atoms with E-state index in [4.69, 9.17) is 14.4 Å². The van der Waals surface area contributed by atoms with Crippen LogP contribution in [0.1, 0.15) is 53.4 Å². The number of hydrogen-bond acceptors (Lipinski definition) is 8. The summed E-state index contributed by atoms with van der Waals surface area (Å²) in [6.45, 7) is 3.76. The number of hydrogen-bond donors (Lipinski definition) is 2. The SMILES string of the molecule is CC(C)Oc1ccc(-c2nc(-c3cccc4c3CCC4NS(=O)(=O)c3ccc(C(=O)O)cc3)no2)cc1C#N. The Kier molecular flexibility index (Phi) is 6.91. The van der Waals surface area contributed by atoms with Crippen LogP contribution in [-0.2, 0) is 16.4 Å². The summed E-state index contributed by atoms with van der Waals surface area (Å²) < 4.78 is 39.9. The molecule has 1 aliphatic rings. The van der Waals surface area contributed by atoms with E-state index < -0.39 is 22.0 Å². The Morgan fingerprint density at radius 1 is 1.18 bits per heavy atom. The molecule has 0 bridgehead atoms. The molecule has 3 aromatic carbocycles. The molecule has 0 radical (unpaired) electrons. The van der Waals surface area contributed by atoms with Crippen LogP contribution in [0.25, 0.3) is 22.8 Å². The molecule has 4 aromatic rings. The Labute approximate surface area is 224 Å². The second-order valence-electron chi connectivity index (χ2n) is 9.33. The fourth-order valence-corrected chi connectivity index (χ4v) is 5.83. The molecular formula is C28H24N4O6S. The quantitative estimate of drug-likeness (QED) is 0.320. The highest BCUT2D eigenvalue weighted by molar-refractivity contribution is 7.89. The van der Waals surface area contributed by atoms with Gasteiger partial charge in [0.1, 0.15) is 11.8 Å². The predicted octanol–water partition coefficient (Wildman–Crippen LogP) is 4.73. The fourth-order valence-electron chi connectivity index (χ4n) is 4.58. The number of carbonyl (C=O) groups is 1. The topological polar surface area (TPSA) is 155 Å². The maximum atomic E-state index is 13.0. The van der Waals surface area contributed by atoms with Crippen molar-refractivity contribution in [2.75, 3.05) is 0 Å². The standard InChI is InChI=1S/C28H24N4O6S/c1-16(2)37-25-13-8-18(14-19(25)15-29)27-30-26(31-38-27)23-5-3-4-22-21(23)11-12-24(22)32-39(35,36)20-9-6-17(7-10-20)28(33)34/h3-10,13-14,16,24,32H,11-12H2,1-2H3,(H,33,34). The first-order chi connectivity index (χ1) is 18.7. The highest BCUT2D eigenvalue weighted by Crippen LogP contribution is 2.38. The number of ether oxygens (including phenoxy) is 1. The van der Waals surface area contributed by atoms with Gasteiger partial charge in [-0.25, -0.2) is 17.9 Å². The van der Waals surface area contributed by atoms with Gasteiger partial charge in [0.25, 0.3) is 5.89 Å². The van der Waals surface area contributed by atoms with Crippen LogP contribution in [0.5, 0.6) is 5.75 Å². The van der Waals surface area contributed by atoms with Crippen molar-refractivity contribution in [2.24, 2.45) is 0 Å². The van der Waals surface area contributed by atoms with Crippen LogP contribution >= 0.6 is 0 Å². The zero-order valence-corrected chi connectivity index (χ0v) is 21.9. The van der Waals surface area contributed by atoms with Gasteiger partial charge in [-0.15, -0.1) is 0 Å².